The first-order valence-corrected chi connectivity index (χ1v) is 7.85. The van der Waals surface area contributed by atoms with Crippen LogP contribution in [0.3, 0.4) is 0 Å². The number of nitrogens with zero attached hydrogens (tertiary/aromatic N) is 3. The van der Waals surface area contributed by atoms with E-state index >= 15 is 0 Å². The van der Waals surface area contributed by atoms with Crippen molar-refractivity contribution < 1.29 is 32.5 Å². The van der Waals surface area contributed by atoms with E-state index in [0.717, 1.165) is 14.0 Å². The number of hydrogen-bond acceptors (Lipinski definition) is 7. The molecule has 8 nitrogen and oxygen atoms in total. The van der Waals surface area contributed by atoms with Gasteiger partial charge < -0.3 is 19.9 Å². The largest absolute Gasteiger partial charge is 0.497 e. The number of esters is 1. The Bertz CT molecular complexity index is 848. The molecule has 0 fully saturated rings. The number of ether oxygens (including phenoxy) is 2. The molecular weight excluding hydrogens is 369 g/mol. The summed E-state index contributed by atoms with van der Waals surface area (Å²) in [5.74, 6) is -3.47. The molecule has 0 saturated carbocycles. The third-order valence-corrected chi connectivity index (χ3v) is 4.51. The lowest BCUT2D eigenvalue weighted by molar-refractivity contribution is -0.179. The number of aliphatic hydroxyl groups is 1. The highest BCUT2D eigenvalue weighted by Crippen LogP contribution is 2.45. The van der Waals surface area contributed by atoms with Gasteiger partial charge in [0.1, 0.15) is 11.7 Å². The van der Waals surface area contributed by atoms with E-state index in [0.29, 0.717) is 15.9 Å². The van der Waals surface area contributed by atoms with Crippen molar-refractivity contribution in [3.05, 3.63) is 35.7 Å². The Labute approximate surface area is 151 Å². The second-order valence-electron chi connectivity index (χ2n) is 6.17. The molecule has 2 N–H and O–H groups in total. The lowest BCUT2D eigenvalue weighted by Gasteiger charge is -2.42. The minimum Gasteiger partial charge on any atom is -0.497 e. The molecule has 0 unspecified atom stereocenters. The maximum absolute atomic E-state index is 13.3. The van der Waals surface area contributed by atoms with Crippen LogP contribution in [0.4, 0.5) is 19.1 Å². The van der Waals surface area contributed by atoms with Gasteiger partial charge in [-0.3, -0.25) is 9.36 Å². The second kappa shape index (κ2) is 6.41. The van der Waals surface area contributed by atoms with E-state index in [2.05, 4.69) is 15.5 Å². The molecule has 0 amide bonds. The summed E-state index contributed by atoms with van der Waals surface area (Å²) in [4.78, 5) is 12.4. The van der Waals surface area contributed by atoms with Gasteiger partial charge >= 0.3 is 12.1 Å². The van der Waals surface area contributed by atoms with E-state index < -0.39 is 35.7 Å². The number of carbonyl (C=O) groups excluding carboxylic acids is 1. The van der Waals surface area contributed by atoms with Crippen molar-refractivity contribution in [2.75, 3.05) is 19.5 Å². The van der Waals surface area contributed by atoms with Crippen molar-refractivity contribution in [1.29, 1.82) is 0 Å². The molecule has 0 saturated heterocycles. The molecule has 2 heterocycles. The van der Waals surface area contributed by atoms with Gasteiger partial charge in [0.2, 0.25) is 11.8 Å². The number of anilines is 1. The molecule has 1 aliphatic heterocycles. The highest BCUT2D eigenvalue weighted by atomic mass is 19.4. The van der Waals surface area contributed by atoms with Gasteiger partial charge in [-0.2, -0.15) is 13.2 Å². The molecule has 1 aliphatic rings. The standard InChI is InChI=1S/C16H17F3N4O4/c1-15(25)10(12(24)27-3)11(8-4-6-9(26-2)7-5-8)20-14-22-21-13(23(14)15)16(17,18)19/h4-7,10-11,25H,1-3H3,(H,20,22)/t10-,11+,15+/m1/s1. The number of rotatable bonds is 3. The smallest absolute Gasteiger partial charge is 0.451 e. The van der Waals surface area contributed by atoms with Gasteiger partial charge in [0.25, 0.3) is 0 Å². The van der Waals surface area contributed by atoms with Crippen molar-refractivity contribution in [3.63, 3.8) is 0 Å². The topological polar surface area (TPSA) is 98.5 Å². The molecule has 0 aliphatic carbocycles. The average molecular weight is 386 g/mol. The lowest BCUT2D eigenvalue weighted by Crippen LogP contribution is -2.52. The first-order chi connectivity index (χ1) is 12.6. The summed E-state index contributed by atoms with van der Waals surface area (Å²) in [6.07, 6.45) is -4.87. The van der Waals surface area contributed by atoms with Crippen LogP contribution in [0.1, 0.15) is 24.4 Å². The Balaban J connectivity index is 2.15. The second-order valence-corrected chi connectivity index (χ2v) is 6.17. The summed E-state index contributed by atoms with van der Waals surface area (Å²) in [6, 6.07) is 5.59. The molecule has 146 valence electrons. The van der Waals surface area contributed by atoms with Gasteiger partial charge in [-0.05, 0) is 24.6 Å². The van der Waals surface area contributed by atoms with Crippen LogP contribution in [0, 0.1) is 5.92 Å². The normalized spacial score (nSPS) is 24.7. The molecule has 3 atom stereocenters. The Kier molecular flexibility index (Phi) is 4.50. The fourth-order valence-corrected chi connectivity index (χ4v) is 3.24. The molecule has 0 bridgehead atoms. The number of carbonyl (C=O) groups is 1. The van der Waals surface area contributed by atoms with E-state index in [9.17, 15) is 23.1 Å². The Morgan fingerprint density at radius 3 is 2.41 bits per heavy atom. The minimum atomic E-state index is -4.87. The van der Waals surface area contributed by atoms with Crippen LogP contribution < -0.4 is 10.1 Å². The SMILES string of the molecule is COC(=O)[C@H]1[C@H](c2ccc(OC)cc2)Nc2nnc(C(F)(F)F)n2[C@@]1(C)O. The predicted octanol–water partition coefficient (Wildman–Crippen LogP) is 1.93. The maximum Gasteiger partial charge on any atom is 0.451 e. The molecule has 2 aromatic rings. The third-order valence-electron chi connectivity index (χ3n) is 4.51. The first kappa shape index (κ1) is 19.0. The quantitative estimate of drug-likeness (QED) is 0.778. The van der Waals surface area contributed by atoms with E-state index in [1.165, 1.54) is 7.11 Å². The molecule has 1 aromatic heterocycles. The summed E-state index contributed by atoms with van der Waals surface area (Å²) >= 11 is 0. The zero-order valence-electron chi connectivity index (χ0n) is 14.6. The molecule has 1 aromatic carbocycles. The zero-order chi connectivity index (χ0) is 20.0. The number of fused-ring (bicyclic) bond motifs is 1. The minimum absolute atomic E-state index is 0.312. The van der Waals surface area contributed by atoms with Crippen molar-refractivity contribution >= 4 is 11.9 Å². The Hall–Kier alpha value is -2.82. The van der Waals surface area contributed by atoms with Crippen LogP contribution in [0.15, 0.2) is 24.3 Å². The maximum atomic E-state index is 13.3. The average Bonchev–Trinajstić information content (AvgIpc) is 3.06. The summed E-state index contributed by atoms with van der Waals surface area (Å²) in [6.45, 7) is 1.09. The van der Waals surface area contributed by atoms with Gasteiger partial charge in [-0.15, -0.1) is 10.2 Å². The van der Waals surface area contributed by atoms with E-state index in [1.807, 2.05) is 0 Å². The van der Waals surface area contributed by atoms with Crippen molar-refractivity contribution in [2.45, 2.75) is 24.9 Å². The molecule has 0 spiro atoms. The van der Waals surface area contributed by atoms with Crippen molar-refractivity contribution in [2.24, 2.45) is 5.92 Å². The Morgan fingerprint density at radius 1 is 1.26 bits per heavy atom. The van der Waals surface area contributed by atoms with Crippen LogP contribution in [0.2, 0.25) is 0 Å². The highest BCUT2D eigenvalue weighted by molar-refractivity contribution is 5.76. The summed E-state index contributed by atoms with van der Waals surface area (Å²) in [5, 5.41) is 20.3. The fourth-order valence-electron chi connectivity index (χ4n) is 3.24. The molecule has 3 rings (SSSR count). The fraction of sp³-hybridized carbons (Fsp3) is 0.438. The van der Waals surface area contributed by atoms with E-state index in [4.69, 9.17) is 9.47 Å². The summed E-state index contributed by atoms with van der Waals surface area (Å²) in [7, 11) is 2.58. The monoisotopic (exact) mass is 386 g/mol. The lowest BCUT2D eigenvalue weighted by atomic mass is 9.83. The van der Waals surface area contributed by atoms with Crippen molar-refractivity contribution in [1.82, 2.24) is 14.8 Å². The number of nitrogens with one attached hydrogen (secondary N) is 1. The van der Waals surface area contributed by atoms with Gasteiger partial charge in [0, 0.05) is 0 Å². The van der Waals surface area contributed by atoms with Gasteiger partial charge in [-0.25, -0.2) is 0 Å². The van der Waals surface area contributed by atoms with Gasteiger partial charge in [0.15, 0.2) is 5.72 Å². The number of hydrogen-bond donors (Lipinski definition) is 2. The number of aromatic nitrogens is 3. The number of halogens is 3. The molecule has 27 heavy (non-hydrogen) atoms. The molecular formula is C16H17F3N4O4. The molecule has 0 radical (unpaired) electrons. The first-order valence-electron chi connectivity index (χ1n) is 7.85. The van der Waals surface area contributed by atoms with Gasteiger partial charge in [0.05, 0.1) is 20.3 Å². The van der Waals surface area contributed by atoms with Crippen LogP contribution >= 0.6 is 0 Å². The van der Waals surface area contributed by atoms with Crippen molar-refractivity contribution in [3.8, 4) is 5.75 Å². The number of benzene rings is 1. The molecule has 11 heteroatoms. The Morgan fingerprint density at radius 2 is 1.89 bits per heavy atom. The van der Waals surface area contributed by atoms with Crippen LogP contribution in [-0.2, 0) is 21.4 Å². The third kappa shape index (κ3) is 3.07. The van der Waals surface area contributed by atoms with Crippen LogP contribution in [0.25, 0.3) is 0 Å². The summed E-state index contributed by atoms with van der Waals surface area (Å²) < 4.78 is 50.1. The van der Waals surface area contributed by atoms with E-state index in [-0.39, 0.29) is 5.95 Å². The van der Waals surface area contributed by atoms with Crippen LogP contribution in [-0.4, -0.2) is 40.1 Å². The van der Waals surface area contributed by atoms with Crippen LogP contribution in [0.5, 0.6) is 5.75 Å². The number of methoxy groups -OCH3 is 2. The van der Waals surface area contributed by atoms with Gasteiger partial charge in [-0.1, -0.05) is 12.1 Å². The number of alkyl halides is 3. The zero-order valence-corrected chi connectivity index (χ0v) is 14.6. The van der Waals surface area contributed by atoms with E-state index in [1.54, 1.807) is 24.3 Å². The predicted molar refractivity (Wildman–Crippen MR) is 85.8 cm³/mol. The highest BCUT2D eigenvalue weighted by Gasteiger charge is 2.55. The summed E-state index contributed by atoms with van der Waals surface area (Å²) in [5.41, 5.74) is -1.78.